The first-order chi connectivity index (χ1) is 7.20. The molecule has 80 valence electrons. The zero-order valence-corrected chi connectivity index (χ0v) is 10.1. The second-order valence-electron chi connectivity index (χ2n) is 3.47. The Hall–Kier alpha value is -0.760. The SMILES string of the molecule is O=C1CC(CO)CN1c1ccc(I)nn1. The highest BCUT2D eigenvalue weighted by atomic mass is 127. The van der Waals surface area contributed by atoms with Gasteiger partial charge in [0, 0.05) is 25.5 Å². The Kier molecular flexibility index (Phi) is 3.15. The molecule has 6 heteroatoms. The van der Waals surface area contributed by atoms with Gasteiger partial charge in [0.2, 0.25) is 5.91 Å². The van der Waals surface area contributed by atoms with Crippen LogP contribution in [0.4, 0.5) is 5.82 Å². The zero-order chi connectivity index (χ0) is 10.8. The molecule has 1 fully saturated rings. The van der Waals surface area contributed by atoms with Crippen LogP contribution in [-0.2, 0) is 4.79 Å². The summed E-state index contributed by atoms with van der Waals surface area (Å²) < 4.78 is 0.793. The number of amides is 1. The largest absolute Gasteiger partial charge is 0.396 e. The first kappa shape index (κ1) is 10.7. The summed E-state index contributed by atoms with van der Waals surface area (Å²) in [6.45, 7) is 0.574. The molecule has 0 aliphatic carbocycles. The van der Waals surface area contributed by atoms with Gasteiger partial charge in [-0.2, -0.15) is 0 Å². The summed E-state index contributed by atoms with van der Waals surface area (Å²) in [5.41, 5.74) is 0. The molecule has 2 heterocycles. The van der Waals surface area contributed by atoms with Crippen molar-refractivity contribution in [1.82, 2.24) is 10.2 Å². The number of carbonyl (C=O) groups is 1. The number of aromatic nitrogens is 2. The molecule has 1 N–H and O–H groups in total. The van der Waals surface area contributed by atoms with E-state index in [1.165, 1.54) is 0 Å². The molecule has 1 atom stereocenters. The van der Waals surface area contributed by atoms with Crippen LogP contribution in [0.1, 0.15) is 6.42 Å². The van der Waals surface area contributed by atoms with Gasteiger partial charge in [-0.3, -0.25) is 9.69 Å². The van der Waals surface area contributed by atoms with Crippen molar-refractivity contribution in [2.24, 2.45) is 5.92 Å². The molecule has 2 rings (SSSR count). The maximum absolute atomic E-state index is 11.6. The number of anilines is 1. The van der Waals surface area contributed by atoms with Gasteiger partial charge in [0.25, 0.3) is 0 Å². The van der Waals surface area contributed by atoms with Crippen molar-refractivity contribution in [3.05, 3.63) is 15.8 Å². The molecule has 1 aliphatic heterocycles. The summed E-state index contributed by atoms with van der Waals surface area (Å²) in [5, 5.41) is 16.8. The smallest absolute Gasteiger partial charge is 0.228 e. The van der Waals surface area contributed by atoms with Gasteiger partial charge in [-0.05, 0) is 34.7 Å². The standard InChI is InChI=1S/C9H10IN3O2/c10-7-1-2-8(12-11-7)13-4-6(5-14)3-9(13)15/h1-2,6,14H,3-5H2. The van der Waals surface area contributed by atoms with Gasteiger partial charge < -0.3 is 5.11 Å². The molecule has 5 nitrogen and oxygen atoms in total. The van der Waals surface area contributed by atoms with Gasteiger partial charge in [-0.15, -0.1) is 10.2 Å². The van der Waals surface area contributed by atoms with Crippen LogP contribution in [-0.4, -0.2) is 34.4 Å². The first-order valence-electron chi connectivity index (χ1n) is 4.61. The summed E-state index contributed by atoms with van der Waals surface area (Å²) in [5.74, 6) is 0.597. The molecule has 1 aromatic heterocycles. The normalized spacial score (nSPS) is 21.1. The summed E-state index contributed by atoms with van der Waals surface area (Å²) in [4.78, 5) is 13.1. The van der Waals surface area contributed by atoms with E-state index in [1.807, 2.05) is 6.07 Å². The third kappa shape index (κ3) is 2.25. The molecule has 0 saturated carbocycles. The van der Waals surface area contributed by atoms with Gasteiger partial charge in [0.1, 0.15) is 3.70 Å². The molecular formula is C9H10IN3O2. The van der Waals surface area contributed by atoms with E-state index in [-0.39, 0.29) is 18.4 Å². The van der Waals surface area contributed by atoms with Crippen LogP contribution >= 0.6 is 22.6 Å². The number of carbonyl (C=O) groups excluding carboxylic acids is 1. The minimum atomic E-state index is 0.00422. The van der Waals surface area contributed by atoms with E-state index in [0.717, 1.165) is 3.70 Å². The third-order valence-electron chi connectivity index (χ3n) is 2.36. The number of aliphatic hydroxyl groups is 1. The fraction of sp³-hybridized carbons (Fsp3) is 0.444. The van der Waals surface area contributed by atoms with Crippen molar-refractivity contribution >= 4 is 34.3 Å². The van der Waals surface area contributed by atoms with Gasteiger partial charge >= 0.3 is 0 Å². The highest BCUT2D eigenvalue weighted by Crippen LogP contribution is 2.22. The van der Waals surface area contributed by atoms with Crippen LogP contribution in [0.2, 0.25) is 0 Å². The molecule has 1 saturated heterocycles. The molecule has 1 aliphatic rings. The van der Waals surface area contributed by atoms with E-state index in [0.29, 0.717) is 18.8 Å². The lowest BCUT2D eigenvalue weighted by Crippen LogP contribution is -2.26. The number of nitrogens with zero attached hydrogens (tertiary/aromatic N) is 3. The highest BCUT2D eigenvalue weighted by Gasteiger charge is 2.30. The van der Waals surface area contributed by atoms with Crippen LogP contribution in [0.5, 0.6) is 0 Å². The fourth-order valence-corrected chi connectivity index (χ4v) is 1.87. The van der Waals surface area contributed by atoms with E-state index in [2.05, 4.69) is 32.8 Å². The Morgan fingerprint density at radius 3 is 2.87 bits per heavy atom. The van der Waals surface area contributed by atoms with Gasteiger partial charge in [-0.1, -0.05) is 0 Å². The predicted molar refractivity (Wildman–Crippen MR) is 62.3 cm³/mol. The van der Waals surface area contributed by atoms with Crippen molar-refractivity contribution in [2.45, 2.75) is 6.42 Å². The van der Waals surface area contributed by atoms with E-state index < -0.39 is 0 Å². The maximum atomic E-state index is 11.6. The summed E-state index contributed by atoms with van der Waals surface area (Å²) in [7, 11) is 0. The zero-order valence-electron chi connectivity index (χ0n) is 7.93. The van der Waals surface area contributed by atoms with Crippen molar-refractivity contribution in [3.63, 3.8) is 0 Å². The lowest BCUT2D eigenvalue weighted by molar-refractivity contribution is -0.117. The second kappa shape index (κ2) is 4.40. The Morgan fingerprint density at radius 1 is 1.53 bits per heavy atom. The Morgan fingerprint density at radius 2 is 2.33 bits per heavy atom. The van der Waals surface area contributed by atoms with E-state index >= 15 is 0 Å². The number of halogens is 1. The van der Waals surface area contributed by atoms with Gasteiger partial charge in [-0.25, -0.2) is 0 Å². The maximum Gasteiger partial charge on any atom is 0.228 e. The van der Waals surface area contributed by atoms with Crippen LogP contribution in [0.25, 0.3) is 0 Å². The molecule has 0 aromatic carbocycles. The lowest BCUT2D eigenvalue weighted by atomic mass is 10.1. The van der Waals surface area contributed by atoms with Crippen molar-refractivity contribution in [3.8, 4) is 0 Å². The fourth-order valence-electron chi connectivity index (χ4n) is 1.58. The summed E-state index contributed by atoms with van der Waals surface area (Å²) in [6.07, 6.45) is 0.393. The number of hydrogen-bond acceptors (Lipinski definition) is 4. The molecule has 15 heavy (non-hydrogen) atoms. The molecule has 0 bridgehead atoms. The number of hydrogen-bond donors (Lipinski definition) is 1. The second-order valence-corrected chi connectivity index (χ2v) is 4.58. The molecular weight excluding hydrogens is 309 g/mol. The Balaban J connectivity index is 2.18. The van der Waals surface area contributed by atoms with Crippen molar-refractivity contribution in [2.75, 3.05) is 18.1 Å². The molecule has 1 amide bonds. The van der Waals surface area contributed by atoms with Crippen molar-refractivity contribution in [1.29, 1.82) is 0 Å². The summed E-state index contributed by atoms with van der Waals surface area (Å²) in [6, 6.07) is 3.58. The first-order valence-corrected chi connectivity index (χ1v) is 5.69. The highest BCUT2D eigenvalue weighted by molar-refractivity contribution is 14.1. The van der Waals surface area contributed by atoms with E-state index in [1.54, 1.807) is 11.0 Å². The average Bonchev–Trinajstić information content (AvgIpc) is 2.61. The monoisotopic (exact) mass is 319 g/mol. The molecule has 1 aromatic rings. The van der Waals surface area contributed by atoms with Gasteiger partial charge in [0.05, 0.1) is 0 Å². The minimum absolute atomic E-state index is 0.00422. The molecule has 1 unspecified atom stereocenters. The molecule has 0 spiro atoms. The van der Waals surface area contributed by atoms with Crippen LogP contribution in [0, 0.1) is 9.62 Å². The van der Waals surface area contributed by atoms with E-state index in [9.17, 15) is 4.79 Å². The average molecular weight is 319 g/mol. The Bertz CT molecular complexity index is 368. The Labute approximate surface area is 101 Å². The van der Waals surface area contributed by atoms with Crippen LogP contribution < -0.4 is 4.90 Å². The van der Waals surface area contributed by atoms with Crippen LogP contribution in [0.15, 0.2) is 12.1 Å². The number of rotatable bonds is 2. The lowest BCUT2D eigenvalue weighted by Gasteiger charge is -2.13. The minimum Gasteiger partial charge on any atom is -0.396 e. The van der Waals surface area contributed by atoms with Gasteiger partial charge in [0.15, 0.2) is 5.82 Å². The topological polar surface area (TPSA) is 66.3 Å². The quantitative estimate of drug-likeness (QED) is 0.803. The third-order valence-corrected chi connectivity index (χ3v) is 2.93. The van der Waals surface area contributed by atoms with Crippen LogP contribution in [0.3, 0.4) is 0 Å². The number of aliphatic hydroxyl groups excluding tert-OH is 1. The van der Waals surface area contributed by atoms with Crippen molar-refractivity contribution < 1.29 is 9.90 Å². The summed E-state index contributed by atoms with van der Waals surface area (Å²) >= 11 is 2.06. The molecule has 0 radical (unpaired) electrons. The van der Waals surface area contributed by atoms with E-state index in [4.69, 9.17) is 5.11 Å². The predicted octanol–water partition coefficient (Wildman–Crippen LogP) is 0.426.